The Bertz CT molecular complexity index is 674. The zero-order valence-corrected chi connectivity index (χ0v) is 11.6. The van der Waals surface area contributed by atoms with Crippen molar-refractivity contribution in [3.05, 3.63) is 58.7 Å². The highest BCUT2D eigenvalue weighted by molar-refractivity contribution is 5.43. The fourth-order valence-electron chi connectivity index (χ4n) is 2.68. The summed E-state index contributed by atoms with van der Waals surface area (Å²) < 4.78 is 43.6. The first-order chi connectivity index (χ1) is 9.93. The van der Waals surface area contributed by atoms with Crippen LogP contribution < -0.4 is 4.74 Å². The number of hydrogen-bond donors (Lipinski definition) is 0. The van der Waals surface area contributed by atoms with E-state index in [1.54, 1.807) is 6.92 Å². The second-order valence-corrected chi connectivity index (χ2v) is 5.36. The molecule has 110 valence electrons. The zero-order valence-electron chi connectivity index (χ0n) is 11.6. The van der Waals surface area contributed by atoms with Gasteiger partial charge in [-0.3, -0.25) is 0 Å². The summed E-state index contributed by atoms with van der Waals surface area (Å²) in [5, 5.41) is 0. The molecule has 3 rings (SSSR count). The summed E-state index contributed by atoms with van der Waals surface area (Å²) >= 11 is 0. The minimum absolute atomic E-state index is 0.459. The molecule has 1 nitrogen and oxygen atoms in total. The summed E-state index contributed by atoms with van der Waals surface area (Å²) in [5.74, 6) is 1.14. The molecule has 0 heterocycles. The van der Waals surface area contributed by atoms with E-state index in [2.05, 4.69) is 0 Å². The minimum atomic E-state index is -4.32. The SMILES string of the molecule is Cc1cc(C(F)(F)F)ccc1Oc1ccc2c(c1)CCC2. The molecule has 0 N–H and O–H groups in total. The van der Waals surface area contributed by atoms with E-state index in [4.69, 9.17) is 4.74 Å². The van der Waals surface area contributed by atoms with Crippen LogP contribution in [0.15, 0.2) is 36.4 Å². The number of ether oxygens (including phenoxy) is 1. The van der Waals surface area contributed by atoms with E-state index in [0.717, 1.165) is 31.4 Å². The molecule has 4 heteroatoms. The van der Waals surface area contributed by atoms with Gasteiger partial charge in [0, 0.05) is 0 Å². The van der Waals surface area contributed by atoms with Crippen molar-refractivity contribution in [2.24, 2.45) is 0 Å². The Balaban J connectivity index is 1.85. The van der Waals surface area contributed by atoms with Crippen LogP contribution in [0.1, 0.15) is 28.7 Å². The summed E-state index contributed by atoms with van der Waals surface area (Å²) in [6, 6.07) is 9.45. The third-order valence-corrected chi connectivity index (χ3v) is 3.80. The number of benzene rings is 2. The van der Waals surface area contributed by atoms with Crippen molar-refractivity contribution in [3.63, 3.8) is 0 Å². The maximum absolute atomic E-state index is 12.6. The smallest absolute Gasteiger partial charge is 0.416 e. The highest BCUT2D eigenvalue weighted by Gasteiger charge is 2.30. The van der Waals surface area contributed by atoms with Crippen LogP contribution in [0.4, 0.5) is 13.2 Å². The van der Waals surface area contributed by atoms with Gasteiger partial charge in [-0.2, -0.15) is 13.2 Å². The van der Waals surface area contributed by atoms with E-state index in [1.165, 1.54) is 17.2 Å². The molecule has 0 spiro atoms. The molecular formula is C17H15F3O. The van der Waals surface area contributed by atoms with E-state index in [-0.39, 0.29) is 0 Å². The number of halogens is 3. The third kappa shape index (κ3) is 2.89. The van der Waals surface area contributed by atoms with Crippen molar-refractivity contribution in [1.82, 2.24) is 0 Å². The van der Waals surface area contributed by atoms with Crippen LogP contribution in [0.3, 0.4) is 0 Å². The summed E-state index contributed by atoms with van der Waals surface area (Å²) in [6.07, 6.45) is -1.04. The fourth-order valence-corrected chi connectivity index (χ4v) is 2.68. The van der Waals surface area contributed by atoms with Gasteiger partial charge in [-0.05, 0) is 73.2 Å². The third-order valence-electron chi connectivity index (χ3n) is 3.80. The second kappa shape index (κ2) is 5.10. The van der Waals surface area contributed by atoms with E-state index in [9.17, 15) is 13.2 Å². The van der Waals surface area contributed by atoms with Crippen molar-refractivity contribution < 1.29 is 17.9 Å². The van der Waals surface area contributed by atoms with Gasteiger partial charge in [0.1, 0.15) is 11.5 Å². The summed E-state index contributed by atoms with van der Waals surface area (Å²) in [7, 11) is 0. The average Bonchev–Trinajstić information content (AvgIpc) is 2.87. The van der Waals surface area contributed by atoms with Crippen molar-refractivity contribution in [1.29, 1.82) is 0 Å². The lowest BCUT2D eigenvalue weighted by molar-refractivity contribution is -0.137. The Morgan fingerprint density at radius 2 is 1.71 bits per heavy atom. The van der Waals surface area contributed by atoms with Crippen LogP contribution in [0.5, 0.6) is 11.5 Å². The van der Waals surface area contributed by atoms with Crippen molar-refractivity contribution in [3.8, 4) is 11.5 Å². The van der Waals surface area contributed by atoms with Gasteiger partial charge < -0.3 is 4.74 Å². The van der Waals surface area contributed by atoms with Crippen LogP contribution in [-0.4, -0.2) is 0 Å². The molecule has 1 aliphatic carbocycles. The van der Waals surface area contributed by atoms with Crippen LogP contribution in [-0.2, 0) is 19.0 Å². The Kier molecular flexibility index (Phi) is 3.40. The lowest BCUT2D eigenvalue weighted by Crippen LogP contribution is -2.05. The standard InChI is InChI=1S/C17H15F3O/c1-11-9-14(17(18,19)20)6-8-16(11)21-15-7-5-12-3-2-4-13(12)10-15/h5-10H,2-4H2,1H3. The normalized spacial score (nSPS) is 14.1. The van der Waals surface area contributed by atoms with Gasteiger partial charge in [-0.15, -0.1) is 0 Å². The number of alkyl halides is 3. The molecule has 0 bridgehead atoms. The monoisotopic (exact) mass is 292 g/mol. The second-order valence-electron chi connectivity index (χ2n) is 5.36. The Morgan fingerprint density at radius 1 is 0.952 bits per heavy atom. The number of aryl methyl sites for hydroxylation is 3. The van der Waals surface area contributed by atoms with E-state index >= 15 is 0 Å². The minimum Gasteiger partial charge on any atom is -0.457 e. The predicted molar refractivity (Wildman–Crippen MR) is 74.7 cm³/mol. The molecule has 0 saturated heterocycles. The first kappa shape index (κ1) is 14.0. The van der Waals surface area contributed by atoms with Gasteiger partial charge in [0.25, 0.3) is 0 Å². The highest BCUT2D eigenvalue weighted by atomic mass is 19.4. The van der Waals surface area contributed by atoms with Gasteiger partial charge in [-0.1, -0.05) is 6.07 Å². The predicted octanol–water partition coefficient (Wildman–Crippen LogP) is 5.29. The molecule has 0 saturated carbocycles. The maximum Gasteiger partial charge on any atom is 0.416 e. The van der Waals surface area contributed by atoms with Crippen molar-refractivity contribution in [2.45, 2.75) is 32.4 Å². The van der Waals surface area contributed by atoms with Gasteiger partial charge in [-0.25, -0.2) is 0 Å². The molecule has 0 unspecified atom stereocenters. The fraction of sp³-hybridized carbons (Fsp3) is 0.294. The lowest BCUT2D eigenvalue weighted by atomic mass is 10.1. The Hall–Kier alpha value is -1.97. The van der Waals surface area contributed by atoms with Crippen LogP contribution in [0.2, 0.25) is 0 Å². The summed E-state index contributed by atoms with van der Waals surface area (Å²) in [5.41, 5.74) is 2.44. The average molecular weight is 292 g/mol. The molecule has 1 aliphatic rings. The first-order valence-corrected chi connectivity index (χ1v) is 6.91. The Labute approximate surface area is 121 Å². The molecule has 0 amide bonds. The lowest BCUT2D eigenvalue weighted by Gasteiger charge is -2.13. The highest BCUT2D eigenvalue weighted by Crippen LogP contribution is 2.34. The van der Waals surface area contributed by atoms with Crippen LogP contribution in [0.25, 0.3) is 0 Å². The topological polar surface area (TPSA) is 9.23 Å². The molecule has 2 aromatic carbocycles. The first-order valence-electron chi connectivity index (χ1n) is 6.91. The summed E-state index contributed by atoms with van der Waals surface area (Å²) in [6.45, 7) is 1.62. The molecule has 2 aromatic rings. The molecule has 0 radical (unpaired) electrons. The Morgan fingerprint density at radius 3 is 2.43 bits per heavy atom. The molecule has 21 heavy (non-hydrogen) atoms. The van der Waals surface area contributed by atoms with Crippen LogP contribution >= 0.6 is 0 Å². The van der Waals surface area contributed by atoms with Gasteiger partial charge >= 0.3 is 6.18 Å². The van der Waals surface area contributed by atoms with E-state index in [1.807, 2.05) is 18.2 Å². The number of rotatable bonds is 2. The largest absolute Gasteiger partial charge is 0.457 e. The van der Waals surface area contributed by atoms with Gasteiger partial charge in [0.05, 0.1) is 5.56 Å². The van der Waals surface area contributed by atoms with Crippen molar-refractivity contribution >= 4 is 0 Å². The molecule has 0 aromatic heterocycles. The van der Waals surface area contributed by atoms with E-state index < -0.39 is 11.7 Å². The maximum atomic E-state index is 12.6. The van der Waals surface area contributed by atoms with E-state index in [0.29, 0.717) is 17.1 Å². The molecule has 0 fully saturated rings. The quantitative estimate of drug-likeness (QED) is 0.730. The zero-order chi connectivity index (χ0) is 15.0. The number of hydrogen-bond acceptors (Lipinski definition) is 1. The molecule has 0 atom stereocenters. The van der Waals surface area contributed by atoms with Crippen molar-refractivity contribution in [2.75, 3.05) is 0 Å². The summed E-state index contributed by atoms with van der Waals surface area (Å²) in [4.78, 5) is 0. The molecule has 0 aliphatic heterocycles. The van der Waals surface area contributed by atoms with Gasteiger partial charge in [0.15, 0.2) is 0 Å². The van der Waals surface area contributed by atoms with Gasteiger partial charge in [0.2, 0.25) is 0 Å². The van der Waals surface area contributed by atoms with Crippen LogP contribution in [0, 0.1) is 6.92 Å². The number of fused-ring (bicyclic) bond motifs is 1. The molecular weight excluding hydrogens is 277 g/mol.